The Morgan fingerprint density at radius 2 is 1.25 bits per heavy atom. The van der Waals surface area contributed by atoms with Crippen LogP contribution in [0.5, 0.6) is 0 Å². The normalized spacial score (nSPS) is 23.2. The van der Waals surface area contributed by atoms with E-state index in [2.05, 4.69) is 24.3 Å². The van der Waals surface area contributed by atoms with Crippen molar-refractivity contribution in [3.8, 4) is 0 Å². The van der Waals surface area contributed by atoms with Crippen molar-refractivity contribution in [3.05, 3.63) is 119 Å². The molecule has 0 fully saturated rings. The van der Waals surface area contributed by atoms with Gasteiger partial charge in [0.05, 0.1) is 0 Å². The zero-order chi connectivity index (χ0) is 19.2. The van der Waals surface area contributed by atoms with Gasteiger partial charge in [0.1, 0.15) is 0 Å². The first kappa shape index (κ1) is 17.2. The van der Waals surface area contributed by atoms with Crippen LogP contribution in [0.3, 0.4) is 0 Å². The first-order valence-corrected chi connectivity index (χ1v) is 9.73. The predicted octanol–water partition coefficient (Wildman–Crippen LogP) is 5.37. The molecule has 0 saturated carbocycles. The minimum atomic E-state index is -1.34. The number of aliphatic hydroxyl groups is 1. The number of ether oxygens (including phenoxy) is 1. The van der Waals surface area contributed by atoms with Gasteiger partial charge in [0.2, 0.25) is 0 Å². The number of rotatable bonds is 4. The second kappa shape index (κ2) is 6.30. The summed E-state index contributed by atoms with van der Waals surface area (Å²) in [6.07, 6.45) is 0. The zero-order valence-corrected chi connectivity index (χ0v) is 15.8. The molecule has 2 heteroatoms. The van der Waals surface area contributed by atoms with Gasteiger partial charge in [-0.15, -0.1) is 0 Å². The molecule has 4 aromatic rings. The van der Waals surface area contributed by atoms with Gasteiger partial charge in [-0.1, -0.05) is 97.1 Å². The Morgan fingerprint density at radius 3 is 1.86 bits per heavy atom. The highest BCUT2D eigenvalue weighted by Gasteiger charge is 2.61. The fourth-order valence-electron chi connectivity index (χ4n) is 4.88. The lowest BCUT2D eigenvalue weighted by Gasteiger charge is -2.44. The Labute approximate surface area is 165 Å². The molecule has 0 bridgehead atoms. The van der Waals surface area contributed by atoms with Crippen LogP contribution in [-0.2, 0) is 15.9 Å². The highest BCUT2D eigenvalue weighted by Crippen LogP contribution is 2.59. The van der Waals surface area contributed by atoms with E-state index in [1.807, 2.05) is 79.7 Å². The molecule has 0 radical (unpaired) electrons. The van der Waals surface area contributed by atoms with Crippen LogP contribution in [0.25, 0.3) is 10.8 Å². The van der Waals surface area contributed by atoms with Gasteiger partial charge < -0.3 is 9.84 Å². The second-order valence-corrected chi connectivity index (χ2v) is 7.27. The van der Waals surface area contributed by atoms with E-state index in [0.29, 0.717) is 6.61 Å². The first-order valence-electron chi connectivity index (χ1n) is 9.73. The molecule has 28 heavy (non-hydrogen) atoms. The summed E-state index contributed by atoms with van der Waals surface area (Å²) in [6, 6.07) is 32.4. The Balaban J connectivity index is 1.97. The molecular formula is C26H22O2. The molecule has 138 valence electrons. The van der Waals surface area contributed by atoms with Crippen LogP contribution in [0, 0.1) is 0 Å². The number of hydrogen-bond acceptors (Lipinski definition) is 2. The van der Waals surface area contributed by atoms with E-state index in [4.69, 9.17) is 4.74 Å². The third kappa shape index (κ3) is 2.05. The van der Waals surface area contributed by atoms with E-state index in [-0.39, 0.29) is 0 Å². The topological polar surface area (TPSA) is 29.5 Å². The summed E-state index contributed by atoms with van der Waals surface area (Å²) >= 11 is 0. The average molecular weight is 366 g/mol. The molecule has 2 atom stereocenters. The largest absolute Gasteiger partial charge is 0.377 e. The molecule has 2 nitrogen and oxygen atoms in total. The lowest BCUT2D eigenvalue weighted by atomic mass is 9.71. The zero-order valence-electron chi connectivity index (χ0n) is 15.8. The third-order valence-electron chi connectivity index (χ3n) is 5.92. The van der Waals surface area contributed by atoms with Crippen molar-refractivity contribution >= 4 is 10.8 Å². The second-order valence-electron chi connectivity index (χ2n) is 7.27. The van der Waals surface area contributed by atoms with Crippen LogP contribution in [0.15, 0.2) is 97.1 Å². The predicted molar refractivity (Wildman–Crippen MR) is 112 cm³/mol. The monoisotopic (exact) mass is 366 g/mol. The van der Waals surface area contributed by atoms with Crippen molar-refractivity contribution in [1.29, 1.82) is 0 Å². The van der Waals surface area contributed by atoms with Crippen LogP contribution >= 0.6 is 0 Å². The van der Waals surface area contributed by atoms with Crippen LogP contribution in [0.1, 0.15) is 29.2 Å². The van der Waals surface area contributed by atoms with Gasteiger partial charge in [-0.25, -0.2) is 0 Å². The van der Waals surface area contributed by atoms with Crippen LogP contribution in [0.4, 0.5) is 0 Å². The summed E-state index contributed by atoms with van der Waals surface area (Å²) in [6.45, 7) is 2.47. The molecular weight excluding hydrogens is 344 g/mol. The SMILES string of the molecule is CCO[C@]1(c2ccccc2)c2cccc3cccc(c23)[C@@]1(O)c1ccccc1. The molecule has 0 aromatic heterocycles. The maximum atomic E-state index is 12.6. The fraction of sp³-hybridized carbons (Fsp3) is 0.154. The first-order chi connectivity index (χ1) is 13.7. The minimum absolute atomic E-state index is 0.481. The summed E-state index contributed by atoms with van der Waals surface area (Å²) in [7, 11) is 0. The highest BCUT2D eigenvalue weighted by molar-refractivity contribution is 5.95. The van der Waals surface area contributed by atoms with Crippen molar-refractivity contribution in [3.63, 3.8) is 0 Å². The molecule has 4 aromatic carbocycles. The molecule has 1 aliphatic carbocycles. The maximum absolute atomic E-state index is 12.6. The van der Waals surface area contributed by atoms with Gasteiger partial charge in [-0.05, 0) is 34.4 Å². The lowest BCUT2D eigenvalue weighted by molar-refractivity contribution is -0.143. The van der Waals surface area contributed by atoms with E-state index >= 15 is 0 Å². The summed E-state index contributed by atoms with van der Waals surface area (Å²) in [5, 5.41) is 14.8. The Kier molecular flexibility index (Phi) is 3.87. The Bertz CT molecular complexity index is 1130. The number of benzene rings is 4. The van der Waals surface area contributed by atoms with Gasteiger partial charge in [0, 0.05) is 12.2 Å². The minimum Gasteiger partial charge on any atom is -0.377 e. The van der Waals surface area contributed by atoms with Gasteiger partial charge in [0.15, 0.2) is 11.2 Å². The average Bonchev–Trinajstić information content (AvgIpc) is 2.99. The summed E-state index contributed by atoms with van der Waals surface area (Å²) in [4.78, 5) is 0. The summed E-state index contributed by atoms with van der Waals surface area (Å²) in [5.41, 5.74) is 1.33. The fourth-order valence-corrected chi connectivity index (χ4v) is 4.88. The molecule has 0 spiro atoms. The molecule has 0 saturated heterocycles. The van der Waals surface area contributed by atoms with E-state index in [1.54, 1.807) is 0 Å². The van der Waals surface area contributed by atoms with Gasteiger partial charge in [-0.2, -0.15) is 0 Å². The lowest BCUT2D eigenvalue weighted by Crippen LogP contribution is -2.49. The number of hydrogen-bond donors (Lipinski definition) is 1. The van der Waals surface area contributed by atoms with Crippen molar-refractivity contribution in [2.75, 3.05) is 6.61 Å². The molecule has 5 rings (SSSR count). The molecule has 1 N–H and O–H groups in total. The van der Waals surface area contributed by atoms with Crippen molar-refractivity contribution in [2.45, 2.75) is 18.1 Å². The van der Waals surface area contributed by atoms with Crippen LogP contribution < -0.4 is 0 Å². The highest BCUT2D eigenvalue weighted by atomic mass is 16.5. The third-order valence-corrected chi connectivity index (χ3v) is 5.92. The summed E-state index contributed by atoms with van der Waals surface area (Å²) in [5.74, 6) is 0. The van der Waals surface area contributed by atoms with E-state index in [9.17, 15) is 5.11 Å². The van der Waals surface area contributed by atoms with Gasteiger partial charge >= 0.3 is 0 Å². The molecule has 0 aliphatic heterocycles. The summed E-state index contributed by atoms with van der Waals surface area (Å²) < 4.78 is 6.57. The van der Waals surface area contributed by atoms with Gasteiger partial charge in [-0.3, -0.25) is 0 Å². The van der Waals surface area contributed by atoms with E-state index in [1.165, 1.54) is 0 Å². The van der Waals surface area contributed by atoms with Crippen molar-refractivity contribution in [1.82, 2.24) is 0 Å². The Hall–Kier alpha value is -2.94. The standard InChI is InChI=1S/C26H22O2/c1-2-28-26(21-15-7-4-8-16-21)23-18-10-12-19-11-9-17-22(24(19)23)25(26,27)20-13-5-3-6-14-20/h3-18,27H,2H2,1H3/t25-,26+/m0/s1. The van der Waals surface area contributed by atoms with E-state index in [0.717, 1.165) is 33.0 Å². The molecule has 0 amide bonds. The molecule has 0 unspecified atom stereocenters. The van der Waals surface area contributed by atoms with Gasteiger partial charge in [0.25, 0.3) is 0 Å². The van der Waals surface area contributed by atoms with E-state index < -0.39 is 11.2 Å². The quantitative estimate of drug-likeness (QED) is 0.526. The van der Waals surface area contributed by atoms with Crippen LogP contribution in [0.2, 0.25) is 0 Å². The van der Waals surface area contributed by atoms with Crippen LogP contribution in [-0.4, -0.2) is 11.7 Å². The van der Waals surface area contributed by atoms with Crippen molar-refractivity contribution < 1.29 is 9.84 Å². The Morgan fingerprint density at radius 1 is 0.679 bits per heavy atom. The maximum Gasteiger partial charge on any atom is 0.156 e. The van der Waals surface area contributed by atoms with Crippen molar-refractivity contribution in [2.24, 2.45) is 0 Å². The molecule has 0 heterocycles. The smallest absolute Gasteiger partial charge is 0.156 e. The molecule has 1 aliphatic rings.